The van der Waals surface area contributed by atoms with E-state index in [0.717, 1.165) is 35.6 Å². The Morgan fingerprint density at radius 1 is 1.32 bits per heavy atom. The number of nitrogens with one attached hydrogen (secondary N) is 2. The van der Waals surface area contributed by atoms with Crippen molar-refractivity contribution in [3.63, 3.8) is 0 Å². The highest BCUT2D eigenvalue weighted by Crippen LogP contribution is 2.23. The van der Waals surface area contributed by atoms with E-state index in [1.54, 1.807) is 17.1 Å². The summed E-state index contributed by atoms with van der Waals surface area (Å²) in [5, 5.41) is 15.1. The van der Waals surface area contributed by atoms with Crippen LogP contribution < -0.4 is 5.32 Å². The van der Waals surface area contributed by atoms with Crippen LogP contribution in [-0.2, 0) is 24.1 Å². The molecule has 0 aromatic carbocycles. The van der Waals surface area contributed by atoms with E-state index in [9.17, 15) is 4.79 Å². The van der Waals surface area contributed by atoms with Crippen LogP contribution >= 0.6 is 0 Å². The van der Waals surface area contributed by atoms with Gasteiger partial charge in [0.1, 0.15) is 0 Å². The molecule has 1 amide bonds. The Bertz CT molecular complexity index is 959. The van der Waals surface area contributed by atoms with Crippen molar-refractivity contribution < 1.29 is 4.79 Å². The molecule has 1 atom stereocenters. The molecule has 1 aliphatic carbocycles. The van der Waals surface area contributed by atoms with Gasteiger partial charge in [0.25, 0.3) is 0 Å². The van der Waals surface area contributed by atoms with Crippen molar-refractivity contribution in [1.29, 1.82) is 0 Å². The van der Waals surface area contributed by atoms with Gasteiger partial charge in [-0.1, -0.05) is 6.07 Å². The lowest BCUT2D eigenvalue weighted by atomic mass is 9.94. The molecule has 2 N–H and O–H groups in total. The summed E-state index contributed by atoms with van der Waals surface area (Å²) in [6, 6.07) is 5.61. The predicted molar refractivity (Wildman–Crippen MR) is 106 cm³/mol. The Kier molecular flexibility index (Phi) is 5.23. The summed E-state index contributed by atoms with van der Waals surface area (Å²) in [7, 11) is 0. The van der Waals surface area contributed by atoms with E-state index in [0.29, 0.717) is 12.8 Å². The number of carbonyl (C=O) groups is 1. The molecular weight excluding hydrogens is 352 g/mol. The second-order valence-electron chi connectivity index (χ2n) is 7.41. The summed E-state index contributed by atoms with van der Waals surface area (Å²) in [4.78, 5) is 16.8. The van der Waals surface area contributed by atoms with Crippen LogP contribution in [0.15, 0.2) is 30.6 Å². The van der Waals surface area contributed by atoms with Crippen LogP contribution in [0.3, 0.4) is 0 Å². The highest BCUT2D eigenvalue weighted by molar-refractivity contribution is 5.76. The third-order valence-electron chi connectivity index (χ3n) is 5.49. The number of hydrogen-bond donors (Lipinski definition) is 2. The number of hydrogen-bond acceptors (Lipinski definition) is 4. The summed E-state index contributed by atoms with van der Waals surface area (Å²) >= 11 is 0. The van der Waals surface area contributed by atoms with Crippen molar-refractivity contribution in [2.75, 3.05) is 0 Å². The topological polar surface area (TPSA) is 88.5 Å². The zero-order valence-electron chi connectivity index (χ0n) is 16.4. The molecule has 7 nitrogen and oxygen atoms in total. The Morgan fingerprint density at radius 3 is 3.00 bits per heavy atom. The molecule has 0 saturated heterocycles. The quantitative estimate of drug-likeness (QED) is 0.690. The summed E-state index contributed by atoms with van der Waals surface area (Å²) in [6.07, 6.45) is 9.25. The highest BCUT2D eigenvalue weighted by Gasteiger charge is 2.19. The lowest BCUT2D eigenvalue weighted by Crippen LogP contribution is -2.27. The SMILES string of the molecule is Cc1c([C@H](C)NC(=O)CCc2n[nH]c3c2CCCC3)cnn1-c1ccccn1. The Hall–Kier alpha value is -2.96. The standard InChI is InChI=1S/C21H26N6O/c1-14(17-13-23-27(15(17)2)20-9-5-6-12-22-20)24-21(28)11-10-19-16-7-3-4-8-18(16)25-26-19/h5-6,9,12-14H,3-4,7-8,10-11H2,1-2H3,(H,24,28)(H,25,26)/t14-/m0/s1. The third-order valence-corrected chi connectivity index (χ3v) is 5.49. The average Bonchev–Trinajstić information content (AvgIpc) is 3.30. The van der Waals surface area contributed by atoms with E-state index in [1.807, 2.05) is 32.0 Å². The summed E-state index contributed by atoms with van der Waals surface area (Å²) in [5.41, 5.74) is 5.62. The van der Waals surface area contributed by atoms with E-state index in [2.05, 4.69) is 25.6 Å². The zero-order chi connectivity index (χ0) is 19.5. The molecule has 146 valence electrons. The van der Waals surface area contributed by atoms with Crippen LogP contribution in [-0.4, -0.2) is 30.9 Å². The minimum absolute atomic E-state index is 0.0324. The molecule has 0 saturated carbocycles. The van der Waals surface area contributed by atoms with E-state index in [1.165, 1.54) is 24.1 Å². The smallest absolute Gasteiger partial charge is 0.220 e. The summed E-state index contributed by atoms with van der Waals surface area (Å²) in [5.74, 6) is 0.804. The fourth-order valence-electron chi connectivity index (χ4n) is 3.94. The van der Waals surface area contributed by atoms with Crippen LogP contribution in [0.5, 0.6) is 0 Å². The van der Waals surface area contributed by atoms with Crippen LogP contribution in [0.2, 0.25) is 0 Å². The van der Waals surface area contributed by atoms with Gasteiger partial charge in [-0.3, -0.25) is 9.89 Å². The number of carbonyl (C=O) groups excluding carboxylic acids is 1. The first-order chi connectivity index (χ1) is 13.6. The molecule has 7 heteroatoms. The number of H-pyrrole nitrogens is 1. The molecule has 3 aromatic rings. The van der Waals surface area contributed by atoms with Gasteiger partial charge in [-0.25, -0.2) is 9.67 Å². The molecule has 0 radical (unpaired) electrons. The molecule has 3 heterocycles. The molecule has 0 spiro atoms. The third kappa shape index (κ3) is 3.69. The van der Waals surface area contributed by atoms with Gasteiger partial charge >= 0.3 is 0 Å². The van der Waals surface area contributed by atoms with Crippen molar-refractivity contribution in [1.82, 2.24) is 30.3 Å². The molecule has 28 heavy (non-hydrogen) atoms. The molecule has 3 aromatic heterocycles. The minimum atomic E-state index is -0.113. The largest absolute Gasteiger partial charge is 0.349 e. The van der Waals surface area contributed by atoms with Crippen molar-refractivity contribution in [3.8, 4) is 5.82 Å². The van der Waals surface area contributed by atoms with Crippen molar-refractivity contribution in [2.45, 2.75) is 58.4 Å². The van der Waals surface area contributed by atoms with E-state index in [-0.39, 0.29) is 11.9 Å². The first-order valence-electron chi connectivity index (χ1n) is 9.93. The number of aryl methyl sites for hydroxylation is 2. The number of fused-ring (bicyclic) bond motifs is 1. The number of pyridine rings is 1. The van der Waals surface area contributed by atoms with Gasteiger partial charge in [0.05, 0.1) is 17.9 Å². The molecule has 0 bridgehead atoms. The fourth-order valence-corrected chi connectivity index (χ4v) is 3.94. The molecule has 4 rings (SSSR count). The van der Waals surface area contributed by atoms with Gasteiger partial charge < -0.3 is 5.32 Å². The first-order valence-corrected chi connectivity index (χ1v) is 9.93. The minimum Gasteiger partial charge on any atom is -0.349 e. The van der Waals surface area contributed by atoms with Crippen LogP contribution in [0, 0.1) is 6.92 Å². The molecule has 1 aliphatic rings. The Balaban J connectivity index is 1.37. The van der Waals surface area contributed by atoms with E-state index in [4.69, 9.17) is 0 Å². The second kappa shape index (κ2) is 7.96. The average molecular weight is 378 g/mol. The van der Waals surface area contributed by atoms with Crippen LogP contribution in [0.4, 0.5) is 0 Å². The lowest BCUT2D eigenvalue weighted by molar-refractivity contribution is -0.121. The second-order valence-corrected chi connectivity index (χ2v) is 7.41. The molecule has 0 unspecified atom stereocenters. The first kappa shape index (κ1) is 18.4. The Labute approximate surface area is 164 Å². The molecule has 0 fully saturated rings. The Morgan fingerprint density at radius 2 is 2.18 bits per heavy atom. The van der Waals surface area contributed by atoms with Gasteiger partial charge in [-0.2, -0.15) is 10.2 Å². The fraction of sp³-hybridized carbons (Fsp3) is 0.429. The zero-order valence-corrected chi connectivity index (χ0v) is 16.4. The number of aromatic amines is 1. The maximum Gasteiger partial charge on any atom is 0.220 e. The monoisotopic (exact) mass is 378 g/mol. The highest BCUT2D eigenvalue weighted by atomic mass is 16.1. The van der Waals surface area contributed by atoms with Crippen LogP contribution in [0.1, 0.15) is 60.4 Å². The summed E-state index contributed by atoms with van der Waals surface area (Å²) in [6.45, 7) is 3.98. The predicted octanol–water partition coefficient (Wildman–Crippen LogP) is 2.99. The number of nitrogens with zero attached hydrogens (tertiary/aromatic N) is 4. The van der Waals surface area contributed by atoms with Crippen LogP contribution in [0.25, 0.3) is 5.82 Å². The van der Waals surface area contributed by atoms with Gasteiger partial charge in [0, 0.05) is 36.0 Å². The molecule has 0 aliphatic heterocycles. The number of amides is 1. The van der Waals surface area contributed by atoms with E-state index >= 15 is 0 Å². The van der Waals surface area contributed by atoms with Gasteiger partial charge in [-0.05, 0) is 57.2 Å². The van der Waals surface area contributed by atoms with Gasteiger partial charge in [0.15, 0.2) is 5.82 Å². The molecular formula is C21H26N6O. The van der Waals surface area contributed by atoms with Crippen molar-refractivity contribution in [3.05, 3.63) is 58.8 Å². The van der Waals surface area contributed by atoms with Gasteiger partial charge in [0.2, 0.25) is 5.91 Å². The maximum absolute atomic E-state index is 12.5. The van der Waals surface area contributed by atoms with Crippen molar-refractivity contribution >= 4 is 5.91 Å². The maximum atomic E-state index is 12.5. The normalized spacial score (nSPS) is 14.5. The number of rotatable bonds is 6. The lowest BCUT2D eigenvalue weighted by Gasteiger charge is -2.14. The van der Waals surface area contributed by atoms with Crippen molar-refractivity contribution in [2.24, 2.45) is 0 Å². The number of aromatic nitrogens is 5. The van der Waals surface area contributed by atoms with Gasteiger partial charge in [-0.15, -0.1) is 0 Å². The van der Waals surface area contributed by atoms with E-state index < -0.39 is 0 Å². The summed E-state index contributed by atoms with van der Waals surface area (Å²) < 4.78 is 1.80.